The van der Waals surface area contributed by atoms with E-state index in [1.54, 1.807) is 0 Å². The van der Waals surface area contributed by atoms with Crippen LogP contribution < -0.4 is 0 Å². The molecule has 0 saturated carbocycles. The minimum Gasteiger partial charge on any atom is -0.436 e. The Morgan fingerprint density at radius 3 is 1.53 bits per heavy atom. The van der Waals surface area contributed by atoms with Crippen LogP contribution >= 0.6 is 0 Å². The molecule has 0 atom stereocenters. The Hall–Kier alpha value is -6.98. The van der Waals surface area contributed by atoms with Gasteiger partial charge in [0.2, 0.25) is 5.71 Å². The van der Waals surface area contributed by atoms with E-state index in [9.17, 15) is 0 Å². The van der Waals surface area contributed by atoms with Gasteiger partial charge < -0.3 is 13.6 Å². The number of nitrogens with zero attached hydrogens (tertiary/aromatic N) is 4. The third kappa shape index (κ3) is 4.22. The number of aromatic nitrogens is 4. The van der Waals surface area contributed by atoms with E-state index >= 15 is 0 Å². The minimum atomic E-state index is 0.536. The summed E-state index contributed by atoms with van der Waals surface area (Å²) in [6.45, 7) is 0. The van der Waals surface area contributed by atoms with Crippen molar-refractivity contribution in [3.05, 3.63) is 170 Å². The van der Waals surface area contributed by atoms with Crippen molar-refractivity contribution in [3.63, 3.8) is 0 Å². The second-order valence-electron chi connectivity index (χ2n) is 13.1. The van der Waals surface area contributed by atoms with E-state index in [2.05, 4.69) is 167 Å². The van der Waals surface area contributed by atoms with Gasteiger partial charge in [-0.15, -0.1) is 0 Å². The zero-order valence-electron chi connectivity index (χ0n) is 27.4. The van der Waals surface area contributed by atoms with E-state index < -0.39 is 0 Å². The molecule has 0 radical (unpaired) electrons. The average Bonchev–Trinajstić information content (AvgIpc) is 3.85. The minimum absolute atomic E-state index is 0.536. The molecule has 4 heterocycles. The summed E-state index contributed by atoms with van der Waals surface area (Å²) in [5.41, 5.74) is 13.1. The Labute approximate surface area is 292 Å². The summed E-state index contributed by atoms with van der Waals surface area (Å²) < 4.78 is 10.9. The lowest BCUT2D eigenvalue weighted by atomic mass is 10.0. The summed E-state index contributed by atoms with van der Waals surface area (Å²) in [7, 11) is 0. The van der Waals surface area contributed by atoms with Gasteiger partial charge >= 0.3 is 0 Å². The van der Waals surface area contributed by atoms with Gasteiger partial charge in [-0.1, -0.05) is 91.0 Å². The highest BCUT2D eigenvalue weighted by Crippen LogP contribution is 2.38. The molecule has 0 saturated heterocycles. The van der Waals surface area contributed by atoms with E-state index in [-0.39, 0.29) is 0 Å². The third-order valence-electron chi connectivity index (χ3n) is 10.2. The molecule has 11 rings (SSSR count). The van der Waals surface area contributed by atoms with Gasteiger partial charge in [0, 0.05) is 43.9 Å². The first-order valence-electron chi connectivity index (χ1n) is 17.2. The largest absolute Gasteiger partial charge is 0.436 e. The van der Waals surface area contributed by atoms with Gasteiger partial charge in [0.25, 0.3) is 0 Å². The number of hydrogen-bond acceptors (Lipinski definition) is 3. The molecule has 5 nitrogen and oxygen atoms in total. The highest BCUT2D eigenvalue weighted by atomic mass is 16.3. The van der Waals surface area contributed by atoms with Gasteiger partial charge in [-0.3, -0.25) is 0 Å². The molecule has 0 fully saturated rings. The normalized spacial score (nSPS) is 11.9. The van der Waals surface area contributed by atoms with Crippen LogP contribution in [-0.2, 0) is 0 Å². The lowest BCUT2D eigenvalue weighted by Crippen LogP contribution is -1.93. The Balaban J connectivity index is 1.04. The Bertz CT molecular complexity index is 2920. The number of fused-ring (bicyclic) bond motifs is 9. The first-order valence-corrected chi connectivity index (χ1v) is 17.2. The first kappa shape index (κ1) is 27.9. The van der Waals surface area contributed by atoms with E-state index in [0.29, 0.717) is 5.71 Å². The number of rotatable bonds is 4. The van der Waals surface area contributed by atoms with E-state index in [1.165, 1.54) is 38.1 Å². The van der Waals surface area contributed by atoms with Crippen LogP contribution in [0.15, 0.2) is 174 Å². The van der Waals surface area contributed by atoms with Gasteiger partial charge in [-0.05, 0) is 83.9 Å². The maximum absolute atomic E-state index is 6.21. The van der Waals surface area contributed by atoms with Gasteiger partial charge in [-0.2, -0.15) is 0 Å². The maximum Gasteiger partial charge on any atom is 0.246 e. The van der Waals surface area contributed by atoms with Crippen LogP contribution in [-0.4, -0.2) is 19.1 Å². The molecule has 238 valence electrons. The summed E-state index contributed by atoms with van der Waals surface area (Å²) in [6, 6.07) is 58.0. The summed E-state index contributed by atoms with van der Waals surface area (Å²) in [5, 5.41) is 5.78. The van der Waals surface area contributed by atoms with Crippen LogP contribution in [0.5, 0.6) is 0 Å². The molecule has 0 aliphatic rings. The van der Waals surface area contributed by atoms with Crippen molar-refractivity contribution < 1.29 is 4.42 Å². The molecular formula is C46H28N4O. The van der Waals surface area contributed by atoms with Crippen molar-refractivity contribution in [1.82, 2.24) is 19.1 Å². The predicted molar refractivity (Wildman–Crippen MR) is 209 cm³/mol. The number of benzene rings is 7. The average molecular weight is 653 g/mol. The van der Waals surface area contributed by atoms with Crippen molar-refractivity contribution in [2.24, 2.45) is 0 Å². The maximum atomic E-state index is 6.21. The third-order valence-corrected chi connectivity index (χ3v) is 10.2. The van der Waals surface area contributed by atoms with Crippen molar-refractivity contribution >= 4 is 65.8 Å². The molecule has 0 spiro atoms. The van der Waals surface area contributed by atoms with E-state index in [0.717, 1.165) is 55.8 Å². The first-order chi connectivity index (χ1) is 25.3. The fourth-order valence-electron chi connectivity index (χ4n) is 7.85. The smallest absolute Gasteiger partial charge is 0.246 e. The molecule has 0 bridgehead atoms. The van der Waals surface area contributed by atoms with E-state index in [1.807, 2.05) is 12.3 Å². The van der Waals surface area contributed by atoms with Crippen LogP contribution in [0.2, 0.25) is 0 Å². The standard InChI is InChI=1S/C46H28N4O/c1-3-11-32(12-4-1)49-40-17-9-7-15-34(40)36-25-29(19-22-42(36)49)30-21-24-44-38(26-30)45-46(51-44)47-28-39(48-45)31-20-23-43-37(27-31)35-16-8-10-18-41(35)50(43)33-13-5-2-6-14-33/h1-28H. The second-order valence-corrected chi connectivity index (χ2v) is 13.1. The Morgan fingerprint density at radius 2 is 0.902 bits per heavy atom. The van der Waals surface area contributed by atoms with Crippen molar-refractivity contribution in [3.8, 4) is 33.8 Å². The van der Waals surface area contributed by atoms with Gasteiger partial charge in [0.1, 0.15) is 11.1 Å². The topological polar surface area (TPSA) is 48.8 Å². The number of furan rings is 1. The van der Waals surface area contributed by atoms with Crippen LogP contribution in [0, 0.1) is 0 Å². The van der Waals surface area contributed by atoms with Crippen molar-refractivity contribution in [1.29, 1.82) is 0 Å². The Kier molecular flexibility index (Phi) is 5.89. The number of hydrogen-bond donors (Lipinski definition) is 0. The molecule has 4 aromatic heterocycles. The zero-order chi connectivity index (χ0) is 33.5. The Morgan fingerprint density at radius 1 is 0.412 bits per heavy atom. The molecule has 0 aliphatic carbocycles. The fourth-order valence-corrected chi connectivity index (χ4v) is 7.85. The van der Waals surface area contributed by atoms with Gasteiger partial charge in [0.05, 0.1) is 34.0 Å². The molecule has 0 aliphatic heterocycles. The summed E-state index contributed by atoms with van der Waals surface area (Å²) in [5.74, 6) is 0. The predicted octanol–water partition coefficient (Wildman–Crippen LogP) is 11.9. The van der Waals surface area contributed by atoms with Crippen LogP contribution in [0.4, 0.5) is 0 Å². The van der Waals surface area contributed by atoms with E-state index in [4.69, 9.17) is 14.4 Å². The lowest BCUT2D eigenvalue weighted by molar-refractivity contribution is 0.653. The van der Waals surface area contributed by atoms with Gasteiger partial charge in [0.15, 0.2) is 0 Å². The monoisotopic (exact) mass is 652 g/mol. The lowest BCUT2D eigenvalue weighted by Gasteiger charge is -2.08. The molecule has 51 heavy (non-hydrogen) atoms. The van der Waals surface area contributed by atoms with Crippen LogP contribution in [0.25, 0.3) is 99.6 Å². The second kappa shape index (κ2) is 10.8. The van der Waals surface area contributed by atoms with Crippen LogP contribution in [0.3, 0.4) is 0 Å². The molecule has 5 heteroatoms. The fraction of sp³-hybridized carbons (Fsp3) is 0. The molecule has 7 aromatic carbocycles. The summed E-state index contributed by atoms with van der Waals surface area (Å²) >= 11 is 0. The van der Waals surface area contributed by atoms with Gasteiger partial charge in [-0.25, -0.2) is 9.97 Å². The molecule has 0 N–H and O–H groups in total. The molecule has 0 amide bonds. The van der Waals surface area contributed by atoms with Crippen molar-refractivity contribution in [2.75, 3.05) is 0 Å². The quantitative estimate of drug-likeness (QED) is 0.190. The summed E-state index contributed by atoms with van der Waals surface area (Å²) in [4.78, 5) is 9.94. The summed E-state index contributed by atoms with van der Waals surface area (Å²) in [6.07, 6.45) is 1.82. The highest BCUT2D eigenvalue weighted by molar-refractivity contribution is 6.12. The van der Waals surface area contributed by atoms with Crippen LogP contribution in [0.1, 0.15) is 0 Å². The SMILES string of the molecule is c1ccc(-n2c3ccccc3c3cc(-c4ccc5oc6ncc(-c7ccc8c(c7)c7ccccc7n8-c7ccccc7)nc6c5c4)ccc32)cc1. The van der Waals surface area contributed by atoms with Crippen molar-refractivity contribution in [2.45, 2.75) is 0 Å². The molecular weight excluding hydrogens is 625 g/mol. The number of para-hydroxylation sites is 4. The molecule has 0 unspecified atom stereocenters. The highest BCUT2D eigenvalue weighted by Gasteiger charge is 2.17. The molecule has 11 aromatic rings. The zero-order valence-corrected chi connectivity index (χ0v) is 27.4.